The molecule has 1 unspecified atom stereocenters. The molecule has 9 heteroatoms. The van der Waals surface area contributed by atoms with E-state index in [4.69, 9.17) is 11.6 Å². The van der Waals surface area contributed by atoms with Crippen LogP contribution in [0.4, 0.5) is 5.69 Å². The normalized spacial score (nSPS) is 13.1. The van der Waals surface area contributed by atoms with Crippen LogP contribution < -0.4 is 17.1 Å². The number of alkyl halides is 1. The molecule has 25 heavy (non-hydrogen) atoms. The summed E-state index contributed by atoms with van der Waals surface area (Å²) in [5.74, 6) is 6.75. The molecule has 4 N–H and O–H groups in total. The number of hydrogen-bond donors (Lipinski definition) is 2. The minimum Gasteiger partial charge on any atom is -0.336 e. The third kappa shape index (κ3) is 3.77. The van der Waals surface area contributed by atoms with Gasteiger partial charge >= 0.3 is 0 Å². The molecule has 0 aliphatic carbocycles. The average molecular weight is 450 g/mol. The standard InChI is InChI=1S/C16H15IN6O2/c17-16(18)21-15-12-6-1-2-7-13(12)20-14(22(15)19)9-10-4-3-5-11(8-10)23(24)25/h1-8,16H,9,18-19H2. The summed E-state index contributed by atoms with van der Waals surface area (Å²) >= 11 is 1.99. The molecule has 0 bridgehead atoms. The molecule has 1 atom stereocenters. The largest absolute Gasteiger partial charge is 0.336 e. The number of nitrogen functional groups attached to an aromatic ring is 1. The highest BCUT2D eigenvalue weighted by Crippen LogP contribution is 2.16. The van der Waals surface area contributed by atoms with Gasteiger partial charge in [0.2, 0.25) is 0 Å². The van der Waals surface area contributed by atoms with Gasteiger partial charge in [0.15, 0.2) is 9.66 Å². The monoisotopic (exact) mass is 450 g/mol. The van der Waals surface area contributed by atoms with Gasteiger partial charge in [0, 0.05) is 23.9 Å². The van der Waals surface area contributed by atoms with Gasteiger partial charge in [-0.05, 0) is 40.3 Å². The molecule has 2 aromatic carbocycles. The molecule has 0 fully saturated rings. The molecule has 0 aliphatic heterocycles. The lowest BCUT2D eigenvalue weighted by Gasteiger charge is -2.12. The Labute approximate surface area is 156 Å². The second kappa shape index (κ2) is 7.15. The van der Waals surface area contributed by atoms with Crippen LogP contribution in [-0.2, 0) is 6.42 Å². The molecule has 3 rings (SSSR count). The van der Waals surface area contributed by atoms with Crippen LogP contribution in [0, 0.1) is 10.1 Å². The number of non-ortho nitro benzene ring substituents is 1. The zero-order valence-corrected chi connectivity index (χ0v) is 15.2. The van der Waals surface area contributed by atoms with Crippen molar-refractivity contribution in [3.05, 3.63) is 75.5 Å². The summed E-state index contributed by atoms with van der Waals surface area (Å²) in [6.07, 6.45) is 0.335. The van der Waals surface area contributed by atoms with Crippen molar-refractivity contribution in [3.8, 4) is 0 Å². The Morgan fingerprint density at radius 1 is 1.28 bits per heavy atom. The maximum Gasteiger partial charge on any atom is 0.269 e. The second-order valence-electron chi connectivity index (χ2n) is 5.34. The zero-order chi connectivity index (χ0) is 18.0. The summed E-state index contributed by atoms with van der Waals surface area (Å²) in [4.78, 5) is 19.5. The minimum atomic E-state index is -0.455. The van der Waals surface area contributed by atoms with E-state index in [1.54, 1.807) is 12.1 Å². The van der Waals surface area contributed by atoms with Crippen LogP contribution >= 0.6 is 22.6 Å². The molecule has 128 valence electrons. The number of benzene rings is 2. The van der Waals surface area contributed by atoms with Crippen LogP contribution in [0.3, 0.4) is 0 Å². The van der Waals surface area contributed by atoms with Gasteiger partial charge in [-0.1, -0.05) is 24.3 Å². The maximum atomic E-state index is 11.0. The smallest absolute Gasteiger partial charge is 0.269 e. The molecule has 0 saturated carbocycles. The lowest BCUT2D eigenvalue weighted by Crippen LogP contribution is -2.34. The highest BCUT2D eigenvalue weighted by atomic mass is 127. The van der Waals surface area contributed by atoms with Crippen LogP contribution in [0.2, 0.25) is 0 Å². The van der Waals surface area contributed by atoms with Crippen LogP contribution in [0.1, 0.15) is 11.4 Å². The first kappa shape index (κ1) is 17.3. The number of para-hydroxylation sites is 1. The molecule has 0 saturated heterocycles. The molecule has 0 radical (unpaired) electrons. The van der Waals surface area contributed by atoms with Crippen molar-refractivity contribution in [3.63, 3.8) is 0 Å². The number of hydrogen-bond acceptors (Lipinski definition) is 6. The Morgan fingerprint density at radius 2 is 2.04 bits per heavy atom. The second-order valence-corrected chi connectivity index (χ2v) is 6.62. The number of nitro benzene ring substituents is 1. The molecule has 3 aromatic rings. The number of nitrogens with two attached hydrogens (primary N) is 2. The zero-order valence-electron chi connectivity index (χ0n) is 13.0. The summed E-state index contributed by atoms with van der Waals surface area (Å²) in [7, 11) is 0. The molecule has 0 amide bonds. The van der Waals surface area contributed by atoms with E-state index < -0.39 is 9.10 Å². The topological polar surface area (TPSA) is 125 Å². The molecule has 1 aromatic heterocycles. The summed E-state index contributed by atoms with van der Waals surface area (Å²) in [5.41, 5.74) is 7.82. The van der Waals surface area contributed by atoms with Crippen molar-refractivity contribution in [2.24, 2.45) is 10.7 Å². The third-order valence-corrected chi connectivity index (χ3v) is 3.91. The molecular weight excluding hydrogens is 435 g/mol. The van der Waals surface area contributed by atoms with Gasteiger partial charge in [-0.3, -0.25) is 10.1 Å². The molecule has 0 spiro atoms. The van der Waals surface area contributed by atoms with Gasteiger partial charge in [-0.25, -0.2) is 14.7 Å². The van der Waals surface area contributed by atoms with Crippen LogP contribution in [-0.4, -0.2) is 18.8 Å². The predicted octanol–water partition coefficient (Wildman–Crippen LogP) is 1.83. The number of nitro groups is 1. The Morgan fingerprint density at radius 3 is 2.76 bits per heavy atom. The van der Waals surface area contributed by atoms with E-state index in [1.165, 1.54) is 16.8 Å². The van der Waals surface area contributed by atoms with Crippen molar-refractivity contribution in [1.29, 1.82) is 0 Å². The van der Waals surface area contributed by atoms with Gasteiger partial charge in [0.25, 0.3) is 5.69 Å². The van der Waals surface area contributed by atoms with E-state index in [9.17, 15) is 10.1 Å². The van der Waals surface area contributed by atoms with Crippen molar-refractivity contribution < 1.29 is 4.92 Å². The summed E-state index contributed by atoms with van der Waals surface area (Å²) in [5, 5.41) is 11.7. The summed E-state index contributed by atoms with van der Waals surface area (Å²) < 4.78 is 0.934. The fourth-order valence-electron chi connectivity index (χ4n) is 2.54. The van der Waals surface area contributed by atoms with Crippen molar-refractivity contribution in [1.82, 2.24) is 9.66 Å². The fourth-order valence-corrected chi connectivity index (χ4v) is 2.80. The van der Waals surface area contributed by atoms with Crippen LogP contribution in [0.25, 0.3) is 10.9 Å². The van der Waals surface area contributed by atoms with E-state index in [0.717, 1.165) is 16.5 Å². The highest BCUT2D eigenvalue weighted by Gasteiger charge is 2.11. The lowest BCUT2D eigenvalue weighted by molar-refractivity contribution is -0.384. The average Bonchev–Trinajstić information content (AvgIpc) is 2.58. The minimum absolute atomic E-state index is 0.0288. The van der Waals surface area contributed by atoms with E-state index in [2.05, 4.69) is 9.98 Å². The Balaban J connectivity index is 2.15. The van der Waals surface area contributed by atoms with Crippen molar-refractivity contribution in [2.45, 2.75) is 10.6 Å². The van der Waals surface area contributed by atoms with Crippen LogP contribution in [0.5, 0.6) is 0 Å². The number of halogens is 1. The Kier molecular flexibility index (Phi) is 4.95. The Hall–Kier alpha value is -2.53. The number of fused-ring (bicyclic) bond motifs is 1. The summed E-state index contributed by atoms with van der Waals surface area (Å²) in [6.45, 7) is 0. The third-order valence-electron chi connectivity index (χ3n) is 3.63. The van der Waals surface area contributed by atoms with Gasteiger partial charge in [-0.2, -0.15) is 0 Å². The first-order valence-electron chi connectivity index (χ1n) is 7.38. The molecule has 1 heterocycles. The van der Waals surface area contributed by atoms with E-state index >= 15 is 0 Å². The first-order chi connectivity index (χ1) is 12.0. The molecule has 0 aliphatic rings. The molecular formula is C16H15IN6O2. The van der Waals surface area contributed by atoms with Gasteiger partial charge in [0.1, 0.15) is 5.82 Å². The van der Waals surface area contributed by atoms with Crippen molar-refractivity contribution >= 4 is 39.2 Å². The quantitative estimate of drug-likeness (QED) is 0.157. The first-order valence-corrected chi connectivity index (χ1v) is 8.63. The fraction of sp³-hybridized carbons (Fsp3) is 0.125. The summed E-state index contributed by atoms with van der Waals surface area (Å²) in [6, 6.07) is 13.9. The van der Waals surface area contributed by atoms with E-state index in [0.29, 0.717) is 17.7 Å². The van der Waals surface area contributed by atoms with Gasteiger partial charge in [0.05, 0.1) is 10.4 Å². The number of aromatic nitrogens is 2. The van der Waals surface area contributed by atoms with Gasteiger partial charge in [-0.15, -0.1) is 0 Å². The highest BCUT2D eigenvalue weighted by molar-refractivity contribution is 14.1. The molecule has 8 nitrogen and oxygen atoms in total. The Bertz CT molecular complexity index is 1010. The van der Waals surface area contributed by atoms with Crippen molar-refractivity contribution in [2.75, 3.05) is 5.84 Å². The van der Waals surface area contributed by atoms with Gasteiger partial charge < -0.3 is 11.6 Å². The lowest BCUT2D eigenvalue weighted by atomic mass is 10.1. The van der Waals surface area contributed by atoms with Crippen LogP contribution in [0.15, 0.2) is 53.5 Å². The van der Waals surface area contributed by atoms with E-state index in [1.807, 2.05) is 46.9 Å². The number of rotatable bonds is 4. The SMILES string of the molecule is NC(I)N=c1c2ccccc2nc(Cc2cccc([N+](=O)[O-])c2)n1N. The maximum absolute atomic E-state index is 11.0. The predicted molar refractivity (Wildman–Crippen MR) is 103 cm³/mol. The number of nitrogens with zero attached hydrogens (tertiary/aromatic N) is 4. The van der Waals surface area contributed by atoms with E-state index in [-0.39, 0.29) is 5.69 Å².